The van der Waals surface area contributed by atoms with Gasteiger partial charge < -0.3 is 15.0 Å². The molecule has 252 valence electrons. The molecule has 46 heavy (non-hydrogen) atoms. The van der Waals surface area contributed by atoms with Crippen molar-refractivity contribution in [2.75, 3.05) is 37.8 Å². The molecule has 2 aromatic carbocycles. The highest BCUT2D eigenvalue weighted by Crippen LogP contribution is 2.49. The van der Waals surface area contributed by atoms with Crippen molar-refractivity contribution in [1.82, 2.24) is 4.31 Å². The fourth-order valence-corrected chi connectivity index (χ4v) is 7.65. The molecule has 0 amide bonds. The summed E-state index contributed by atoms with van der Waals surface area (Å²) in [4.78, 5) is 16.0. The second-order valence-corrected chi connectivity index (χ2v) is 15.8. The number of quaternary nitrogens is 1. The van der Waals surface area contributed by atoms with Crippen molar-refractivity contribution < 1.29 is 10.1 Å². The number of nitrogens with two attached hydrogens (primary N) is 1. The maximum atomic E-state index is 11.3. The van der Waals surface area contributed by atoms with E-state index in [9.17, 15) is 4.79 Å². The summed E-state index contributed by atoms with van der Waals surface area (Å²) in [5.41, 5.74) is 9.49. The summed E-state index contributed by atoms with van der Waals surface area (Å²) in [5.74, 6) is 1.18. The smallest absolute Gasteiger partial charge is 0.133 e. The molecular weight excluding hydrogens is 623 g/mol. The molecule has 1 heterocycles. The number of nitrogens with zero attached hydrogens (tertiary/aromatic N) is 2. The molecule has 2 N–H and O–H groups in total. The molecule has 0 radical (unpaired) electrons. The number of hydrogen-bond acceptors (Lipinski definition) is 6. The number of fused-ring (bicyclic) bond motifs is 1. The number of likely N-dealkylation sites (N-methyl/N-ethyl adjacent to an activating group) is 1. The number of benzene rings is 2. The second kappa shape index (κ2) is 17.5. The molecule has 0 aromatic heterocycles. The largest absolute Gasteiger partial charge is 0.347 e. The van der Waals surface area contributed by atoms with Gasteiger partial charge in [-0.3, -0.25) is 0 Å². The number of thiol groups is 2. The van der Waals surface area contributed by atoms with E-state index in [0.717, 1.165) is 55.8 Å². The minimum absolute atomic E-state index is 0.0140. The lowest BCUT2D eigenvalue weighted by Gasteiger charge is -2.25. The summed E-state index contributed by atoms with van der Waals surface area (Å²) in [6.07, 6.45) is 13.1. The van der Waals surface area contributed by atoms with Gasteiger partial charge >= 0.3 is 0 Å². The Kier molecular flexibility index (Phi) is 14.7. The average Bonchev–Trinajstić information content (AvgIpc) is 3.54. The minimum Gasteiger partial charge on any atom is -0.347 e. The van der Waals surface area contributed by atoms with Gasteiger partial charge in [-0.25, -0.2) is 4.31 Å². The molecule has 2 aromatic rings. The zero-order valence-corrected chi connectivity index (χ0v) is 32.3. The van der Waals surface area contributed by atoms with Gasteiger partial charge in [0, 0.05) is 64.7 Å². The van der Waals surface area contributed by atoms with E-state index >= 15 is 0 Å². The molecule has 2 aliphatic rings. The molecule has 4 nitrogen and oxygen atoms in total. The van der Waals surface area contributed by atoms with Crippen LogP contribution in [-0.4, -0.2) is 43.0 Å². The molecule has 0 saturated heterocycles. The van der Waals surface area contributed by atoms with Gasteiger partial charge in [0.15, 0.2) is 0 Å². The van der Waals surface area contributed by atoms with Crippen LogP contribution in [0.1, 0.15) is 98.1 Å². The summed E-state index contributed by atoms with van der Waals surface area (Å²) >= 11 is 10.8. The van der Waals surface area contributed by atoms with Crippen LogP contribution >= 0.6 is 37.2 Å². The first-order valence-electron chi connectivity index (χ1n) is 17.0. The fraction of sp³-hybridized carbons (Fsp3) is 0.513. The number of rotatable bonds is 14. The second-order valence-electron chi connectivity index (χ2n) is 13.6. The van der Waals surface area contributed by atoms with Crippen molar-refractivity contribution in [1.29, 1.82) is 0 Å². The number of Topliss-reactive ketones (excluding diaryl/α,β-unsaturated/α-hetero) is 1. The Hall–Kier alpha value is -1.90. The maximum absolute atomic E-state index is 11.3. The van der Waals surface area contributed by atoms with E-state index in [1.54, 1.807) is 18.9 Å². The van der Waals surface area contributed by atoms with E-state index in [2.05, 4.69) is 136 Å². The third kappa shape index (κ3) is 10.1. The molecule has 0 spiro atoms. The van der Waals surface area contributed by atoms with Crippen molar-refractivity contribution >= 4 is 54.4 Å². The molecule has 1 aliphatic heterocycles. The van der Waals surface area contributed by atoms with Crippen LogP contribution in [0.3, 0.4) is 0 Å². The number of allylic oxidation sites excluding steroid dienone is 6. The number of carbonyl (C=O) groups excluding carboxylic acids is 1. The van der Waals surface area contributed by atoms with Gasteiger partial charge in [-0.1, -0.05) is 59.3 Å². The first-order valence-corrected chi connectivity index (χ1v) is 18.8. The molecule has 1 aliphatic carbocycles. The monoisotopic (exact) mass is 680 g/mol. The van der Waals surface area contributed by atoms with E-state index in [-0.39, 0.29) is 16.6 Å². The number of anilines is 1. The average molecular weight is 681 g/mol. The van der Waals surface area contributed by atoms with Crippen LogP contribution in [0.2, 0.25) is 0 Å². The van der Waals surface area contributed by atoms with E-state index in [1.165, 1.54) is 44.2 Å². The van der Waals surface area contributed by atoms with Gasteiger partial charge in [-0.2, -0.15) is 12.6 Å². The summed E-state index contributed by atoms with van der Waals surface area (Å²) in [7, 11) is 4.31. The quantitative estimate of drug-likeness (QED) is 0.0805. The Morgan fingerprint density at radius 2 is 1.87 bits per heavy atom. The molecule has 0 fully saturated rings. The standard InChI is InChI=1S/C37H51N3OS3.C2H6/c1-26(41)10-8-20-39(6)44-30-14-16-34-32(25-30)37(4,5)35(40(34)7)23-28-12-11-27(22-28)17-18-36(2,3)31-24-29(43)13-15-33(31)38-19-9-21-42;1-2/h13-17,22-25,38,42-43H,8-12,18-21H2,1-7H3;1-2H3/p+1/b27-17+,35-23+;. The molecule has 0 atom stereocenters. The van der Waals surface area contributed by atoms with Crippen LogP contribution in [0, 0.1) is 0 Å². The van der Waals surface area contributed by atoms with Crippen LogP contribution < -0.4 is 10.2 Å². The summed E-state index contributed by atoms with van der Waals surface area (Å²) in [5, 5.41) is 2.36. The van der Waals surface area contributed by atoms with Gasteiger partial charge in [0.05, 0.1) is 6.54 Å². The Morgan fingerprint density at radius 3 is 2.57 bits per heavy atom. The number of ketones is 1. The predicted octanol–water partition coefficient (Wildman–Crippen LogP) is 9.45. The van der Waals surface area contributed by atoms with Crippen molar-refractivity contribution in [2.45, 2.75) is 108 Å². The van der Waals surface area contributed by atoms with Crippen LogP contribution in [0.25, 0.3) is 0 Å². The van der Waals surface area contributed by atoms with Crippen LogP contribution in [0.15, 0.2) is 81.3 Å². The highest BCUT2D eigenvalue weighted by Gasteiger charge is 2.39. The third-order valence-electron chi connectivity index (χ3n) is 9.03. The predicted molar refractivity (Wildman–Crippen MR) is 207 cm³/mol. The van der Waals surface area contributed by atoms with Crippen LogP contribution in [0.5, 0.6) is 0 Å². The summed E-state index contributed by atoms with van der Waals surface area (Å²) in [6, 6.07) is 13.4. The zero-order valence-electron chi connectivity index (χ0n) is 29.7. The van der Waals surface area contributed by atoms with Gasteiger partial charge in [-0.15, -0.1) is 12.6 Å². The number of carbonyl (C=O) groups is 1. The van der Waals surface area contributed by atoms with E-state index < -0.39 is 0 Å². The van der Waals surface area contributed by atoms with Crippen LogP contribution in [0.4, 0.5) is 11.4 Å². The van der Waals surface area contributed by atoms with Gasteiger partial charge in [0.2, 0.25) is 0 Å². The molecule has 4 rings (SSSR count). The normalized spacial score (nSPS) is 17.4. The van der Waals surface area contributed by atoms with E-state index in [1.807, 2.05) is 13.8 Å². The van der Waals surface area contributed by atoms with Crippen molar-refractivity contribution in [3.05, 3.63) is 82.6 Å². The van der Waals surface area contributed by atoms with Crippen molar-refractivity contribution in [2.24, 2.45) is 0 Å². The molecule has 0 bridgehead atoms. The Morgan fingerprint density at radius 1 is 1.13 bits per heavy atom. The first kappa shape index (κ1) is 38.5. The Labute approximate surface area is 295 Å². The molecular formula is C39H58N3OS3+. The van der Waals surface area contributed by atoms with E-state index in [4.69, 9.17) is 0 Å². The van der Waals surface area contributed by atoms with Crippen molar-refractivity contribution in [3.63, 3.8) is 0 Å². The lowest BCUT2D eigenvalue weighted by molar-refractivity contribution is -0.572. The molecule has 0 unspecified atom stereocenters. The minimum atomic E-state index is -0.0824. The third-order valence-corrected chi connectivity index (χ3v) is 10.6. The molecule has 7 heteroatoms. The zero-order chi connectivity index (χ0) is 34.1. The van der Waals surface area contributed by atoms with Gasteiger partial charge in [-0.05, 0) is 110 Å². The highest BCUT2D eigenvalue weighted by molar-refractivity contribution is 7.97. The van der Waals surface area contributed by atoms with Crippen molar-refractivity contribution in [3.8, 4) is 0 Å². The Balaban J connectivity index is 0.00000282. The maximum Gasteiger partial charge on any atom is 0.133 e. The summed E-state index contributed by atoms with van der Waals surface area (Å²) < 4.78 is 2.24. The number of hydrogen-bond donors (Lipinski definition) is 3. The Bertz CT molecular complexity index is 1440. The fourth-order valence-electron chi connectivity index (χ4n) is 6.38. The lowest BCUT2D eigenvalue weighted by atomic mass is 9.80. The molecule has 0 saturated carbocycles. The summed E-state index contributed by atoms with van der Waals surface area (Å²) in [6.45, 7) is 17.0. The SMILES string of the molecule is CC.CC(=O)CCCN(C)Sc1ccc2c(c1)C(C)(C)/C(=C\C1=CC(=C/CC(C)(C)c3cc(S)ccc3[NH2+]CCCS)/CC1)N2C. The van der Waals surface area contributed by atoms with E-state index in [0.29, 0.717) is 6.42 Å². The topological polar surface area (TPSA) is 40.2 Å². The van der Waals surface area contributed by atoms with Gasteiger partial charge in [0.25, 0.3) is 0 Å². The van der Waals surface area contributed by atoms with Gasteiger partial charge in [0.1, 0.15) is 11.5 Å². The van der Waals surface area contributed by atoms with Crippen LogP contribution in [-0.2, 0) is 15.6 Å². The first-order chi connectivity index (χ1) is 21.8. The highest BCUT2D eigenvalue weighted by atomic mass is 32.2. The lowest BCUT2D eigenvalue weighted by Crippen LogP contribution is -2.78.